The van der Waals surface area contributed by atoms with Crippen LogP contribution in [0.1, 0.15) is 23.0 Å². The van der Waals surface area contributed by atoms with Gasteiger partial charge >= 0.3 is 0 Å². The van der Waals surface area contributed by atoms with Gasteiger partial charge in [-0.3, -0.25) is 9.59 Å². The number of hydrogen-bond acceptors (Lipinski definition) is 5. The number of carbonyl (C=O) groups is 2. The van der Waals surface area contributed by atoms with Gasteiger partial charge in [-0.1, -0.05) is 6.07 Å². The predicted molar refractivity (Wildman–Crippen MR) is 84.7 cm³/mol. The predicted octanol–water partition coefficient (Wildman–Crippen LogP) is 1.79. The molecule has 2 amide bonds. The highest BCUT2D eigenvalue weighted by atomic mass is 16.7. The van der Waals surface area contributed by atoms with Crippen molar-refractivity contribution in [2.24, 2.45) is 0 Å². The lowest BCUT2D eigenvalue weighted by Crippen LogP contribution is -2.37. The maximum absolute atomic E-state index is 11.8. The number of ether oxygens (including phenoxy) is 2. The molecule has 0 saturated heterocycles. The summed E-state index contributed by atoms with van der Waals surface area (Å²) in [7, 11) is 0. The first kappa shape index (κ1) is 15.9. The Hall–Kier alpha value is -2.96. The molecule has 1 aromatic heterocycles. The first-order chi connectivity index (χ1) is 11.6. The van der Waals surface area contributed by atoms with E-state index in [9.17, 15) is 9.59 Å². The van der Waals surface area contributed by atoms with Crippen LogP contribution in [0, 0.1) is 0 Å². The molecule has 1 aromatic carbocycles. The van der Waals surface area contributed by atoms with E-state index in [2.05, 4.69) is 5.32 Å². The van der Waals surface area contributed by atoms with Gasteiger partial charge in [-0.05, 0) is 29.8 Å². The van der Waals surface area contributed by atoms with E-state index in [4.69, 9.17) is 13.9 Å². The van der Waals surface area contributed by atoms with Crippen LogP contribution in [0.25, 0.3) is 0 Å². The van der Waals surface area contributed by atoms with Crippen molar-refractivity contribution in [1.82, 2.24) is 10.2 Å². The normalized spacial score (nSPS) is 12.0. The van der Waals surface area contributed by atoms with Crippen LogP contribution in [0.2, 0.25) is 0 Å². The lowest BCUT2D eigenvalue weighted by Gasteiger charge is -2.21. The minimum Gasteiger partial charge on any atom is -0.459 e. The summed E-state index contributed by atoms with van der Waals surface area (Å²) in [5.74, 6) is 1.27. The molecule has 0 fully saturated rings. The van der Waals surface area contributed by atoms with Crippen molar-refractivity contribution >= 4 is 11.8 Å². The molecule has 7 heteroatoms. The Morgan fingerprint density at radius 3 is 2.79 bits per heavy atom. The van der Waals surface area contributed by atoms with Crippen molar-refractivity contribution in [2.45, 2.75) is 13.5 Å². The Labute approximate surface area is 139 Å². The third-order valence-electron chi connectivity index (χ3n) is 3.67. The van der Waals surface area contributed by atoms with E-state index < -0.39 is 0 Å². The van der Waals surface area contributed by atoms with E-state index in [1.165, 1.54) is 13.2 Å². The zero-order valence-electron chi connectivity index (χ0n) is 13.3. The highest BCUT2D eigenvalue weighted by Gasteiger charge is 2.16. The Kier molecular flexibility index (Phi) is 4.69. The molecule has 1 N–H and O–H groups in total. The van der Waals surface area contributed by atoms with Gasteiger partial charge in [-0.2, -0.15) is 0 Å². The molecular weight excluding hydrogens is 312 g/mol. The van der Waals surface area contributed by atoms with Gasteiger partial charge in [0.2, 0.25) is 12.7 Å². The first-order valence-electron chi connectivity index (χ1n) is 7.59. The van der Waals surface area contributed by atoms with E-state index in [-0.39, 0.29) is 24.4 Å². The molecule has 2 aromatic rings. The number of benzene rings is 1. The molecule has 2 heterocycles. The van der Waals surface area contributed by atoms with Crippen LogP contribution in [0.3, 0.4) is 0 Å². The highest BCUT2D eigenvalue weighted by molar-refractivity contribution is 5.91. The third-order valence-corrected chi connectivity index (χ3v) is 3.67. The maximum Gasteiger partial charge on any atom is 0.287 e. The average Bonchev–Trinajstić information content (AvgIpc) is 3.24. The van der Waals surface area contributed by atoms with Crippen LogP contribution in [0.15, 0.2) is 41.0 Å². The summed E-state index contributed by atoms with van der Waals surface area (Å²) in [5.41, 5.74) is 0.937. The van der Waals surface area contributed by atoms with Crippen LogP contribution in [-0.4, -0.2) is 36.6 Å². The van der Waals surface area contributed by atoms with E-state index in [0.717, 1.165) is 5.56 Å². The molecular formula is C17H18N2O5. The van der Waals surface area contributed by atoms with Crippen LogP contribution >= 0.6 is 0 Å². The molecule has 0 radical (unpaired) electrons. The molecule has 0 aliphatic carbocycles. The summed E-state index contributed by atoms with van der Waals surface area (Å²) in [6, 6.07) is 8.82. The lowest BCUT2D eigenvalue weighted by molar-refractivity contribution is -0.129. The Morgan fingerprint density at radius 1 is 1.21 bits per heavy atom. The summed E-state index contributed by atoms with van der Waals surface area (Å²) < 4.78 is 15.6. The van der Waals surface area contributed by atoms with Crippen molar-refractivity contribution in [3.8, 4) is 11.5 Å². The second-order valence-electron chi connectivity index (χ2n) is 5.36. The average molecular weight is 330 g/mol. The maximum atomic E-state index is 11.8. The van der Waals surface area contributed by atoms with Crippen molar-refractivity contribution in [2.75, 3.05) is 19.9 Å². The summed E-state index contributed by atoms with van der Waals surface area (Å²) in [4.78, 5) is 25.3. The standard InChI is InChI=1S/C17H18N2O5/c1-12(20)19(7-6-18-17(21)15-3-2-8-22-15)10-13-4-5-14-16(9-13)24-11-23-14/h2-5,8-9H,6-7,10-11H2,1H3,(H,18,21). The van der Waals surface area contributed by atoms with Gasteiger partial charge in [0, 0.05) is 26.6 Å². The van der Waals surface area contributed by atoms with Gasteiger partial charge in [0.1, 0.15) is 0 Å². The summed E-state index contributed by atoms with van der Waals surface area (Å²) in [6.45, 7) is 2.89. The number of furan rings is 1. The number of carbonyl (C=O) groups excluding carboxylic acids is 2. The number of fused-ring (bicyclic) bond motifs is 1. The third kappa shape index (κ3) is 3.68. The molecule has 3 rings (SSSR count). The molecule has 1 aliphatic rings. The largest absolute Gasteiger partial charge is 0.459 e. The first-order valence-corrected chi connectivity index (χ1v) is 7.59. The summed E-state index contributed by atoms with van der Waals surface area (Å²) in [6.07, 6.45) is 1.44. The smallest absolute Gasteiger partial charge is 0.287 e. The van der Waals surface area contributed by atoms with Crippen molar-refractivity contribution < 1.29 is 23.5 Å². The fourth-order valence-corrected chi connectivity index (χ4v) is 2.41. The minimum atomic E-state index is -0.299. The topological polar surface area (TPSA) is 81.0 Å². The zero-order valence-corrected chi connectivity index (χ0v) is 13.3. The van der Waals surface area contributed by atoms with Crippen LogP contribution in [0.5, 0.6) is 11.5 Å². The van der Waals surface area contributed by atoms with Crippen LogP contribution < -0.4 is 14.8 Å². The fourth-order valence-electron chi connectivity index (χ4n) is 2.41. The molecule has 0 bridgehead atoms. The molecule has 0 atom stereocenters. The van der Waals surface area contributed by atoms with Gasteiger partial charge in [-0.25, -0.2) is 0 Å². The highest BCUT2D eigenvalue weighted by Crippen LogP contribution is 2.32. The van der Waals surface area contributed by atoms with Gasteiger partial charge in [0.15, 0.2) is 17.3 Å². The fraction of sp³-hybridized carbons (Fsp3) is 0.294. The van der Waals surface area contributed by atoms with E-state index >= 15 is 0 Å². The quantitative estimate of drug-likeness (QED) is 0.873. The monoisotopic (exact) mass is 330 g/mol. The van der Waals surface area contributed by atoms with Crippen molar-refractivity contribution in [1.29, 1.82) is 0 Å². The molecule has 1 aliphatic heterocycles. The second kappa shape index (κ2) is 7.08. The number of rotatable bonds is 6. The summed E-state index contributed by atoms with van der Waals surface area (Å²) in [5, 5.41) is 2.73. The molecule has 126 valence electrons. The Bertz CT molecular complexity index is 727. The van der Waals surface area contributed by atoms with Gasteiger partial charge < -0.3 is 24.1 Å². The molecule has 0 saturated carbocycles. The van der Waals surface area contributed by atoms with Crippen LogP contribution in [-0.2, 0) is 11.3 Å². The van der Waals surface area contributed by atoms with Crippen molar-refractivity contribution in [3.63, 3.8) is 0 Å². The molecule has 7 nitrogen and oxygen atoms in total. The number of amides is 2. The molecule has 24 heavy (non-hydrogen) atoms. The lowest BCUT2D eigenvalue weighted by atomic mass is 10.2. The minimum absolute atomic E-state index is 0.0695. The van der Waals surface area contributed by atoms with Crippen LogP contribution in [0.4, 0.5) is 0 Å². The Balaban J connectivity index is 1.55. The van der Waals surface area contributed by atoms with Gasteiger partial charge in [-0.15, -0.1) is 0 Å². The summed E-state index contributed by atoms with van der Waals surface area (Å²) >= 11 is 0. The van der Waals surface area contributed by atoms with Gasteiger partial charge in [0.05, 0.1) is 6.26 Å². The number of hydrogen-bond donors (Lipinski definition) is 1. The zero-order chi connectivity index (χ0) is 16.9. The van der Waals surface area contributed by atoms with E-state index in [0.29, 0.717) is 31.1 Å². The van der Waals surface area contributed by atoms with Gasteiger partial charge in [0.25, 0.3) is 5.91 Å². The SMILES string of the molecule is CC(=O)N(CCNC(=O)c1ccco1)Cc1ccc2c(c1)OCO2. The molecule has 0 spiro atoms. The number of nitrogens with one attached hydrogen (secondary N) is 1. The second-order valence-corrected chi connectivity index (χ2v) is 5.36. The Morgan fingerprint density at radius 2 is 2.04 bits per heavy atom. The van der Waals surface area contributed by atoms with E-state index in [1.54, 1.807) is 17.0 Å². The number of nitrogens with zero attached hydrogens (tertiary/aromatic N) is 1. The van der Waals surface area contributed by atoms with E-state index in [1.807, 2.05) is 18.2 Å². The van der Waals surface area contributed by atoms with Crippen molar-refractivity contribution in [3.05, 3.63) is 47.9 Å². The molecule has 0 unspecified atom stereocenters.